The highest BCUT2D eigenvalue weighted by atomic mass is 35.5. The van der Waals surface area contributed by atoms with E-state index >= 15 is 0 Å². The molecule has 2 aliphatic rings. The van der Waals surface area contributed by atoms with Gasteiger partial charge in [0.15, 0.2) is 0 Å². The molecule has 24 heavy (non-hydrogen) atoms. The lowest BCUT2D eigenvalue weighted by atomic mass is 9.99. The molecule has 0 saturated carbocycles. The van der Waals surface area contributed by atoms with Crippen LogP contribution in [0.25, 0.3) is 0 Å². The van der Waals surface area contributed by atoms with Gasteiger partial charge in [0.25, 0.3) is 0 Å². The number of rotatable bonds is 5. The summed E-state index contributed by atoms with van der Waals surface area (Å²) in [6, 6.07) is 3.62. The number of hydrogen-bond acceptors (Lipinski definition) is 5. The second-order valence-corrected chi connectivity index (χ2v) is 7.04. The van der Waals surface area contributed by atoms with Gasteiger partial charge in [-0.3, -0.25) is 4.90 Å². The minimum Gasteiger partial charge on any atom is -0.476 e. The number of aryl methyl sites for hydroxylation is 1. The molecule has 6 nitrogen and oxygen atoms in total. The molecule has 1 atom stereocenters. The summed E-state index contributed by atoms with van der Waals surface area (Å²) in [5.74, 6) is 3.29. The third kappa shape index (κ3) is 3.39. The van der Waals surface area contributed by atoms with Gasteiger partial charge in [-0.05, 0) is 37.9 Å². The van der Waals surface area contributed by atoms with Gasteiger partial charge in [-0.1, -0.05) is 11.6 Å². The van der Waals surface area contributed by atoms with Crippen LogP contribution in [-0.2, 0) is 19.5 Å². The maximum Gasteiger partial charge on any atom is 0.232 e. The Morgan fingerprint density at radius 2 is 2.21 bits per heavy atom. The third-order valence-electron chi connectivity index (χ3n) is 4.83. The van der Waals surface area contributed by atoms with E-state index in [2.05, 4.69) is 24.6 Å². The smallest absolute Gasteiger partial charge is 0.232 e. The van der Waals surface area contributed by atoms with Gasteiger partial charge < -0.3 is 9.30 Å². The van der Waals surface area contributed by atoms with Gasteiger partial charge >= 0.3 is 0 Å². The fourth-order valence-electron chi connectivity index (χ4n) is 3.63. The van der Waals surface area contributed by atoms with Gasteiger partial charge in [0.05, 0.1) is 13.2 Å². The fraction of sp³-hybridized carbons (Fsp3) is 0.588. The van der Waals surface area contributed by atoms with Crippen LogP contribution >= 0.6 is 11.6 Å². The largest absolute Gasteiger partial charge is 0.476 e. The number of fused-ring (bicyclic) bond motifs is 1. The first-order chi connectivity index (χ1) is 11.8. The van der Waals surface area contributed by atoms with E-state index in [1.54, 1.807) is 6.20 Å². The van der Waals surface area contributed by atoms with E-state index < -0.39 is 0 Å². The predicted octanol–water partition coefficient (Wildman–Crippen LogP) is 2.56. The molecule has 4 heterocycles. The van der Waals surface area contributed by atoms with Crippen LogP contribution in [-0.4, -0.2) is 44.3 Å². The van der Waals surface area contributed by atoms with Crippen molar-refractivity contribution >= 4 is 11.6 Å². The minimum atomic E-state index is 0.498. The molecule has 0 bridgehead atoms. The van der Waals surface area contributed by atoms with Gasteiger partial charge in [-0.25, -0.2) is 4.98 Å². The van der Waals surface area contributed by atoms with Crippen LogP contribution in [0.3, 0.4) is 0 Å². The summed E-state index contributed by atoms with van der Waals surface area (Å²) < 4.78 is 8.12. The molecule has 1 saturated heterocycles. The Labute approximate surface area is 146 Å². The lowest BCUT2D eigenvalue weighted by Crippen LogP contribution is -2.37. The Balaban J connectivity index is 1.33. The molecule has 2 aromatic heterocycles. The zero-order valence-electron chi connectivity index (χ0n) is 13.7. The SMILES string of the molecule is Clc1cccnc1OCC1CCCN(Cc2nnc3n2CCC3)C1. The second-order valence-electron chi connectivity index (χ2n) is 6.63. The first kappa shape index (κ1) is 15.8. The van der Waals surface area contributed by atoms with Crippen molar-refractivity contribution in [2.75, 3.05) is 19.7 Å². The molecule has 0 radical (unpaired) electrons. The third-order valence-corrected chi connectivity index (χ3v) is 5.12. The monoisotopic (exact) mass is 347 g/mol. The minimum absolute atomic E-state index is 0.498. The average molecular weight is 348 g/mol. The topological polar surface area (TPSA) is 56.1 Å². The van der Waals surface area contributed by atoms with Gasteiger partial charge in [0.1, 0.15) is 16.7 Å². The average Bonchev–Trinajstić information content (AvgIpc) is 3.20. The molecule has 2 aromatic rings. The normalized spacial score (nSPS) is 21.0. The summed E-state index contributed by atoms with van der Waals surface area (Å²) in [5.41, 5.74) is 0. The van der Waals surface area contributed by atoms with Gasteiger partial charge in [0.2, 0.25) is 5.88 Å². The highest BCUT2D eigenvalue weighted by Crippen LogP contribution is 2.24. The van der Waals surface area contributed by atoms with E-state index in [-0.39, 0.29) is 0 Å². The number of nitrogens with zero attached hydrogens (tertiary/aromatic N) is 5. The molecule has 0 spiro atoms. The van der Waals surface area contributed by atoms with Crippen molar-refractivity contribution in [3.8, 4) is 5.88 Å². The summed E-state index contributed by atoms with van der Waals surface area (Å²) in [6.07, 6.45) is 6.33. The van der Waals surface area contributed by atoms with E-state index in [9.17, 15) is 0 Å². The first-order valence-electron chi connectivity index (χ1n) is 8.66. The van der Waals surface area contributed by atoms with E-state index in [4.69, 9.17) is 16.3 Å². The molecule has 1 unspecified atom stereocenters. The van der Waals surface area contributed by atoms with Crippen molar-refractivity contribution in [2.24, 2.45) is 5.92 Å². The number of halogens is 1. The molecule has 0 N–H and O–H groups in total. The van der Waals surface area contributed by atoms with E-state index in [0.717, 1.165) is 44.2 Å². The molecular formula is C17H22ClN5O. The zero-order chi connectivity index (χ0) is 16.4. The maximum atomic E-state index is 6.10. The maximum absolute atomic E-state index is 6.10. The van der Waals surface area contributed by atoms with Crippen LogP contribution in [0.1, 0.15) is 30.9 Å². The fourth-order valence-corrected chi connectivity index (χ4v) is 3.81. The lowest BCUT2D eigenvalue weighted by Gasteiger charge is -2.32. The van der Waals surface area contributed by atoms with Crippen molar-refractivity contribution in [1.29, 1.82) is 0 Å². The highest BCUT2D eigenvalue weighted by Gasteiger charge is 2.24. The van der Waals surface area contributed by atoms with Crippen molar-refractivity contribution < 1.29 is 4.74 Å². The lowest BCUT2D eigenvalue weighted by molar-refractivity contribution is 0.120. The Bertz CT molecular complexity index is 704. The number of ether oxygens (including phenoxy) is 1. The van der Waals surface area contributed by atoms with Crippen molar-refractivity contribution in [3.63, 3.8) is 0 Å². The first-order valence-corrected chi connectivity index (χ1v) is 9.04. The second kappa shape index (κ2) is 7.07. The number of aromatic nitrogens is 4. The van der Waals surface area contributed by atoms with Crippen molar-refractivity contribution in [3.05, 3.63) is 35.0 Å². The summed E-state index contributed by atoms with van der Waals surface area (Å²) in [4.78, 5) is 6.66. The number of pyridine rings is 1. The van der Waals surface area contributed by atoms with Crippen molar-refractivity contribution in [1.82, 2.24) is 24.6 Å². The van der Waals surface area contributed by atoms with Crippen LogP contribution in [0.5, 0.6) is 5.88 Å². The molecule has 0 amide bonds. The van der Waals surface area contributed by atoms with Gasteiger partial charge in [0, 0.05) is 31.6 Å². The van der Waals surface area contributed by atoms with E-state index in [1.165, 1.54) is 19.3 Å². The van der Waals surface area contributed by atoms with E-state index in [1.807, 2.05) is 12.1 Å². The Morgan fingerprint density at radius 3 is 3.12 bits per heavy atom. The van der Waals surface area contributed by atoms with Crippen LogP contribution < -0.4 is 4.74 Å². The molecule has 128 valence electrons. The Hall–Kier alpha value is -1.66. The molecule has 4 rings (SSSR count). The van der Waals surface area contributed by atoms with E-state index in [0.29, 0.717) is 23.4 Å². The van der Waals surface area contributed by atoms with Crippen LogP contribution in [0.2, 0.25) is 5.02 Å². The number of piperidine rings is 1. The summed E-state index contributed by atoms with van der Waals surface area (Å²) in [7, 11) is 0. The molecule has 1 fully saturated rings. The molecule has 7 heteroatoms. The van der Waals surface area contributed by atoms with Crippen molar-refractivity contribution in [2.45, 2.75) is 38.8 Å². The standard InChI is InChI=1S/C17H22ClN5O/c18-14-5-1-7-19-17(14)24-12-13-4-2-8-22(10-13)11-16-21-20-15-6-3-9-23(15)16/h1,5,7,13H,2-4,6,8-12H2. The Kier molecular flexibility index (Phi) is 4.67. The van der Waals surface area contributed by atoms with Crippen LogP contribution in [0.4, 0.5) is 0 Å². The molecule has 0 aromatic carbocycles. The Morgan fingerprint density at radius 1 is 1.25 bits per heavy atom. The molecular weight excluding hydrogens is 326 g/mol. The van der Waals surface area contributed by atoms with Gasteiger partial charge in [-0.2, -0.15) is 0 Å². The quantitative estimate of drug-likeness (QED) is 0.832. The zero-order valence-corrected chi connectivity index (χ0v) is 14.5. The number of hydrogen-bond donors (Lipinski definition) is 0. The van der Waals surface area contributed by atoms with Crippen LogP contribution in [0, 0.1) is 5.92 Å². The summed E-state index contributed by atoms with van der Waals surface area (Å²) >= 11 is 6.10. The molecule has 0 aliphatic carbocycles. The highest BCUT2D eigenvalue weighted by molar-refractivity contribution is 6.31. The number of likely N-dealkylation sites (tertiary alicyclic amines) is 1. The molecule has 2 aliphatic heterocycles. The predicted molar refractivity (Wildman–Crippen MR) is 91.1 cm³/mol. The summed E-state index contributed by atoms with van der Waals surface area (Å²) in [6.45, 7) is 4.74. The van der Waals surface area contributed by atoms with Crippen LogP contribution in [0.15, 0.2) is 18.3 Å². The van der Waals surface area contributed by atoms with Gasteiger partial charge in [-0.15, -0.1) is 10.2 Å². The summed E-state index contributed by atoms with van der Waals surface area (Å²) in [5, 5.41) is 9.25.